The topological polar surface area (TPSA) is 105 Å². The summed E-state index contributed by atoms with van der Waals surface area (Å²) in [4.78, 5) is 20.3. The fourth-order valence-corrected chi connectivity index (χ4v) is 5.99. The van der Waals surface area contributed by atoms with E-state index in [2.05, 4.69) is 38.3 Å². The third-order valence-corrected chi connectivity index (χ3v) is 7.98. The number of carboxylic acids is 1. The van der Waals surface area contributed by atoms with Crippen molar-refractivity contribution >= 4 is 22.6 Å². The number of H-pyrrole nitrogens is 1. The zero-order valence-electron chi connectivity index (χ0n) is 21.9. The molecule has 1 fully saturated rings. The van der Waals surface area contributed by atoms with Crippen molar-refractivity contribution in [2.24, 2.45) is 0 Å². The van der Waals surface area contributed by atoms with Crippen molar-refractivity contribution in [3.8, 4) is 11.8 Å². The van der Waals surface area contributed by atoms with Crippen LogP contribution in [0.2, 0.25) is 0 Å². The van der Waals surface area contributed by atoms with Crippen LogP contribution >= 0.6 is 0 Å². The third kappa shape index (κ3) is 4.71. The molecule has 3 aromatic carbocycles. The van der Waals surface area contributed by atoms with E-state index in [1.165, 1.54) is 0 Å². The number of aromatic amines is 1. The summed E-state index contributed by atoms with van der Waals surface area (Å²) in [6.45, 7) is 4.12. The van der Waals surface area contributed by atoms with Gasteiger partial charge < -0.3 is 19.7 Å². The molecule has 2 aliphatic heterocycles. The number of carboxylic acid groups (broad SMARTS) is 1. The van der Waals surface area contributed by atoms with E-state index in [4.69, 9.17) is 4.74 Å². The number of para-hydroxylation sites is 2. The Morgan fingerprint density at radius 1 is 1.08 bits per heavy atom. The lowest BCUT2D eigenvalue weighted by molar-refractivity contribution is -0.139. The van der Waals surface area contributed by atoms with Crippen molar-refractivity contribution in [2.45, 2.75) is 25.0 Å². The number of aliphatic carboxylic acids is 1. The SMILES string of the molecule is COc1ccc([C@H]2N[C@H](C(=O)O)Cc3c2[nH]c2ccccc32)cc1CN1CCN(c2ccccc2C#N)CC1. The third-order valence-electron chi connectivity index (χ3n) is 7.98. The quantitative estimate of drug-likeness (QED) is 0.352. The van der Waals surface area contributed by atoms with E-state index >= 15 is 0 Å². The standard InChI is InChI=1S/C31H31N5O3/c1-39-28-11-10-20(29-30-24(17-26(34-29)31(37)38)23-7-3-4-8-25(23)33-30)16-22(28)19-35-12-14-36(15-13-35)27-9-5-2-6-21(27)18-32/h2-11,16,26,29,33-34H,12-15,17,19H2,1H3,(H,37,38)/t26-,29+/m0/s1. The van der Waals surface area contributed by atoms with Crippen molar-refractivity contribution < 1.29 is 14.6 Å². The fraction of sp³-hybridized carbons (Fsp3) is 0.290. The minimum Gasteiger partial charge on any atom is -0.496 e. The van der Waals surface area contributed by atoms with Gasteiger partial charge in [-0.2, -0.15) is 5.26 Å². The average molecular weight is 522 g/mol. The summed E-state index contributed by atoms with van der Waals surface area (Å²) >= 11 is 0. The number of rotatable bonds is 6. The Kier molecular flexibility index (Phi) is 6.69. The molecule has 0 amide bonds. The Balaban J connectivity index is 1.26. The Bertz CT molecular complexity index is 1560. The fourth-order valence-electron chi connectivity index (χ4n) is 5.99. The maximum atomic E-state index is 12.1. The van der Waals surface area contributed by atoms with Gasteiger partial charge in [-0.3, -0.25) is 15.0 Å². The normalized spacial score (nSPS) is 19.4. The van der Waals surface area contributed by atoms with Crippen LogP contribution in [-0.2, 0) is 17.8 Å². The van der Waals surface area contributed by atoms with Crippen LogP contribution in [0, 0.1) is 11.3 Å². The predicted octanol–water partition coefficient (Wildman–Crippen LogP) is 4.06. The lowest BCUT2D eigenvalue weighted by Gasteiger charge is -2.36. The molecule has 0 bridgehead atoms. The van der Waals surface area contributed by atoms with E-state index < -0.39 is 12.0 Å². The number of fused-ring (bicyclic) bond motifs is 3. The summed E-state index contributed by atoms with van der Waals surface area (Å²) in [6.07, 6.45) is 0.438. The molecule has 2 atom stereocenters. The summed E-state index contributed by atoms with van der Waals surface area (Å²) in [5.74, 6) is -0.0287. The van der Waals surface area contributed by atoms with E-state index in [1.54, 1.807) is 7.11 Å². The first-order chi connectivity index (χ1) is 19.1. The molecule has 0 saturated carbocycles. The van der Waals surface area contributed by atoms with E-state index in [0.717, 1.165) is 77.4 Å². The first-order valence-corrected chi connectivity index (χ1v) is 13.3. The van der Waals surface area contributed by atoms with Crippen LogP contribution in [0.4, 0.5) is 5.69 Å². The number of benzene rings is 3. The lowest BCUT2D eigenvalue weighted by Crippen LogP contribution is -2.46. The lowest BCUT2D eigenvalue weighted by atomic mass is 9.89. The summed E-state index contributed by atoms with van der Waals surface area (Å²) < 4.78 is 5.73. The zero-order chi connectivity index (χ0) is 26.9. The number of piperazine rings is 1. The highest BCUT2D eigenvalue weighted by atomic mass is 16.5. The number of nitriles is 1. The monoisotopic (exact) mass is 521 g/mol. The summed E-state index contributed by atoms with van der Waals surface area (Å²) in [6, 6.07) is 23.4. The second-order valence-corrected chi connectivity index (χ2v) is 10.2. The molecule has 0 radical (unpaired) electrons. The van der Waals surface area contributed by atoms with Gasteiger partial charge in [0, 0.05) is 61.3 Å². The molecule has 3 N–H and O–H groups in total. The molecule has 8 nitrogen and oxygen atoms in total. The van der Waals surface area contributed by atoms with Crippen molar-refractivity contribution in [1.29, 1.82) is 5.26 Å². The predicted molar refractivity (Wildman–Crippen MR) is 150 cm³/mol. The van der Waals surface area contributed by atoms with Gasteiger partial charge in [0.15, 0.2) is 0 Å². The highest BCUT2D eigenvalue weighted by Crippen LogP contribution is 2.37. The van der Waals surface area contributed by atoms with E-state index in [9.17, 15) is 15.2 Å². The number of nitrogens with zero attached hydrogens (tertiary/aromatic N) is 3. The van der Waals surface area contributed by atoms with Gasteiger partial charge >= 0.3 is 5.97 Å². The number of aromatic nitrogens is 1. The van der Waals surface area contributed by atoms with Gasteiger partial charge in [0.2, 0.25) is 0 Å². The van der Waals surface area contributed by atoms with Crippen molar-refractivity contribution in [3.05, 3.63) is 94.7 Å². The first kappa shape index (κ1) is 25.0. The van der Waals surface area contributed by atoms with Gasteiger partial charge in [-0.25, -0.2) is 0 Å². The number of ether oxygens (including phenoxy) is 1. The van der Waals surface area contributed by atoms with Crippen molar-refractivity contribution in [2.75, 3.05) is 38.2 Å². The molecule has 0 unspecified atom stereocenters. The van der Waals surface area contributed by atoms with Crippen LogP contribution in [-0.4, -0.2) is 60.3 Å². The Hall–Kier alpha value is -4.32. The molecular weight excluding hydrogens is 490 g/mol. The van der Waals surface area contributed by atoms with Gasteiger partial charge in [0.1, 0.15) is 17.9 Å². The second-order valence-electron chi connectivity index (χ2n) is 10.2. The molecule has 39 heavy (non-hydrogen) atoms. The van der Waals surface area contributed by atoms with Crippen LogP contribution in [0.1, 0.15) is 34.0 Å². The van der Waals surface area contributed by atoms with E-state index in [0.29, 0.717) is 12.0 Å². The summed E-state index contributed by atoms with van der Waals surface area (Å²) in [5, 5.41) is 23.9. The van der Waals surface area contributed by atoms with Gasteiger partial charge in [-0.15, -0.1) is 0 Å². The molecule has 8 heteroatoms. The molecule has 1 aromatic heterocycles. The molecule has 3 heterocycles. The number of methoxy groups -OCH3 is 1. The van der Waals surface area contributed by atoms with E-state index in [1.807, 2.05) is 54.6 Å². The van der Waals surface area contributed by atoms with Gasteiger partial charge in [-0.05, 0) is 41.5 Å². The molecular formula is C31H31N5O3. The minimum absolute atomic E-state index is 0.272. The molecule has 198 valence electrons. The molecule has 2 aliphatic rings. The molecule has 1 saturated heterocycles. The highest BCUT2D eigenvalue weighted by Gasteiger charge is 2.34. The number of anilines is 1. The van der Waals surface area contributed by atoms with Crippen LogP contribution in [0.25, 0.3) is 10.9 Å². The second kappa shape index (κ2) is 10.4. The largest absolute Gasteiger partial charge is 0.496 e. The number of hydrogen-bond donors (Lipinski definition) is 3. The van der Waals surface area contributed by atoms with Crippen LogP contribution in [0.3, 0.4) is 0 Å². The summed E-state index contributed by atoms with van der Waals surface area (Å²) in [7, 11) is 1.68. The first-order valence-electron chi connectivity index (χ1n) is 13.3. The van der Waals surface area contributed by atoms with E-state index in [-0.39, 0.29) is 6.04 Å². The van der Waals surface area contributed by atoms with Crippen LogP contribution < -0.4 is 15.0 Å². The Morgan fingerprint density at radius 3 is 2.62 bits per heavy atom. The molecule has 6 rings (SSSR count). The van der Waals surface area contributed by atoms with Crippen molar-refractivity contribution in [1.82, 2.24) is 15.2 Å². The van der Waals surface area contributed by atoms with Gasteiger partial charge in [0.25, 0.3) is 0 Å². The van der Waals surface area contributed by atoms with Crippen LogP contribution in [0.15, 0.2) is 66.7 Å². The molecule has 4 aromatic rings. The number of nitrogens with one attached hydrogen (secondary N) is 2. The smallest absolute Gasteiger partial charge is 0.321 e. The number of hydrogen-bond acceptors (Lipinski definition) is 6. The van der Waals surface area contributed by atoms with Crippen molar-refractivity contribution in [3.63, 3.8) is 0 Å². The minimum atomic E-state index is -0.847. The summed E-state index contributed by atoms with van der Waals surface area (Å²) in [5.41, 5.74) is 6.87. The zero-order valence-corrected chi connectivity index (χ0v) is 21.9. The molecule has 0 spiro atoms. The molecule has 0 aliphatic carbocycles. The van der Waals surface area contributed by atoms with Crippen LogP contribution in [0.5, 0.6) is 5.75 Å². The average Bonchev–Trinajstić information content (AvgIpc) is 3.36. The highest BCUT2D eigenvalue weighted by molar-refractivity contribution is 5.87. The maximum absolute atomic E-state index is 12.1. The Morgan fingerprint density at radius 2 is 1.85 bits per heavy atom. The maximum Gasteiger partial charge on any atom is 0.321 e. The van der Waals surface area contributed by atoms with Gasteiger partial charge in [-0.1, -0.05) is 36.4 Å². The van der Waals surface area contributed by atoms with Gasteiger partial charge in [0.05, 0.1) is 24.4 Å². The number of carbonyl (C=O) groups is 1. The Labute approximate surface area is 227 Å².